The number of nitrogens with zero attached hydrogens (tertiary/aromatic N) is 1. The first-order chi connectivity index (χ1) is 6.81. The maximum absolute atomic E-state index is 5.47. The number of nitrogens with two attached hydrogens (primary N) is 1. The Morgan fingerprint density at radius 3 is 3.07 bits per heavy atom. The normalized spacial score (nSPS) is 11.0. The first kappa shape index (κ1) is 9.68. The van der Waals surface area contributed by atoms with Gasteiger partial charge < -0.3 is 10.2 Å². The molecule has 2 N–H and O–H groups in total. The lowest BCUT2D eigenvalue weighted by Gasteiger charge is -2.02. The fourth-order valence-corrected chi connectivity index (χ4v) is 1.93. The fraction of sp³-hybridized carbons (Fsp3) is 0.300. The molecule has 0 fully saturated rings. The highest BCUT2D eigenvalue weighted by molar-refractivity contribution is 9.10. The predicted octanol–water partition coefficient (Wildman–Crippen LogP) is 2.48. The Labute approximate surface area is 90.4 Å². The van der Waals surface area contributed by atoms with E-state index in [1.54, 1.807) is 0 Å². The summed E-state index contributed by atoms with van der Waals surface area (Å²) in [6, 6.07) is 3.99. The van der Waals surface area contributed by atoms with Crippen molar-refractivity contribution in [3.63, 3.8) is 0 Å². The third-order valence-electron chi connectivity index (χ3n) is 2.15. The summed E-state index contributed by atoms with van der Waals surface area (Å²) in [5, 5.41) is 0. The molecule has 1 aromatic carbocycles. The zero-order valence-corrected chi connectivity index (χ0v) is 9.25. The van der Waals surface area contributed by atoms with E-state index in [1.807, 2.05) is 12.1 Å². The van der Waals surface area contributed by atoms with Crippen LogP contribution in [0.3, 0.4) is 0 Å². The molecule has 1 heterocycles. The molecule has 0 aliphatic carbocycles. The minimum atomic E-state index is 0.709. The Morgan fingerprint density at radius 2 is 2.29 bits per heavy atom. The van der Waals surface area contributed by atoms with Gasteiger partial charge in [-0.15, -0.1) is 0 Å². The van der Waals surface area contributed by atoms with Gasteiger partial charge in [-0.05, 0) is 37.1 Å². The van der Waals surface area contributed by atoms with E-state index >= 15 is 0 Å². The Balaban J connectivity index is 2.38. The molecule has 2 aromatic rings. The SMILES string of the molecule is NCCCc1cc2ocnc2cc1Br. The molecule has 2 rings (SSSR count). The van der Waals surface area contributed by atoms with Crippen LogP contribution < -0.4 is 5.73 Å². The molecule has 0 bridgehead atoms. The number of hydrogen-bond acceptors (Lipinski definition) is 3. The van der Waals surface area contributed by atoms with E-state index in [2.05, 4.69) is 20.9 Å². The van der Waals surface area contributed by atoms with E-state index in [9.17, 15) is 0 Å². The van der Waals surface area contributed by atoms with Gasteiger partial charge in [-0.1, -0.05) is 15.9 Å². The Kier molecular flexibility index (Phi) is 2.84. The molecule has 74 valence electrons. The van der Waals surface area contributed by atoms with Crippen molar-refractivity contribution in [2.24, 2.45) is 5.73 Å². The maximum Gasteiger partial charge on any atom is 0.181 e. The van der Waals surface area contributed by atoms with Gasteiger partial charge in [0.05, 0.1) is 0 Å². The van der Waals surface area contributed by atoms with Gasteiger partial charge in [0.1, 0.15) is 5.52 Å². The Hall–Kier alpha value is -0.870. The van der Waals surface area contributed by atoms with Gasteiger partial charge in [0.2, 0.25) is 0 Å². The zero-order valence-electron chi connectivity index (χ0n) is 7.66. The van der Waals surface area contributed by atoms with Crippen LogP contribution in [0.25, 0.3) is 11.1 Å². The number of fused-ring (bicyclic) bond motifs is 1. The topological polar surface area (TPSA) is 52.0 Å². The van der Waals surface area contributed by atoms with Crippen LogP contribution in [0.4, 0.5) is 0 Å². The molecule has 0 unspecified atom stereocenters. The van der Waals surface area contributed by atoms with E-state index < -0.39 is 0 Å². The zero-order chi connectivity index (χ0) is 9.97. The van der Waals surface area contributed by atoms with Gasteiger partial charge in [0.15, 0.2) is 12.0 Å². The Bertz CT molecular complexity index is 439. The van der Waals surface area contributed by atoms with Crippen molar-refractivity contribution in [1.29, 1.82) is 0 Å². The summed E-state index contributed by atoms with van der Waals surface area (Å²) in [4.78, 5) is 4.08. The lowest BCUT2D eigenvalue weighted by atomic mass is 10.1. The molecule has 3 nitrogen and oxygen atoms in total. The summed E-state index contributed by atoms with van der Waals surface area (Å²) in [6.07, 6.45) is 3.41. The van der Waals surface area contributed by atoms with E-state index in [0.717, 1.165) is 28.4 Å². The quantitative estimate of drug-likeness (QED) is 0.916. The third kappa shape index (κ3) is 1.81. The van der Waals surface area contributed by atoms with Crippen LogP contribution in [0.15, 0.2) is 27.4 Å². The molecular weight excluding hydrogens is 244 g/mol. The molecule has 0 aliphatic rings. The molecular formula is C10H11BrN2O. The van der Waals surface area contributed by atoms with E-state index in [-0.39, 0.29) is 0 Å². The second kappa shape index (κ2) is 4.11. The lowest BCUT2D eigenvalue weighted by Crippen LogP contribution is -2.00. The molecule has 0 atom stereocenters. The lowest BCUT2D eigenvalue weighted by molar-refractivity contribution is 0.601. The molecule has 0 aliphatic heterocycles. The minimum absolute atomic E-state index is 0.709. The smallest absolute Gasteiger partial charge is 0.181 e. The summed E-state index contributed by atoms with van der Waals surface area (Å²) in [5.41, 5.74) is 8.41. The van der Waals surface area contributed by atoms with Crippen molar-refractivity contribution < 1.29 is 4.42 Å². The van der Waals surface area contributed by atoms with Crippen LogP contribution >= 0.6 is 15.9 Å². The minimum Gasteiger partial charge on any atom is -0.443 e. The summed E-state index contributed by atoms with van der Waals surface area (Å²) >= 11 is 3.51. The van der Waals surface area contributed by atoms with Gasteiger partial charge in [-0.25, -0.2) is 4.98 Å². The van der Waals surface area contributed by atoms with Crippen LogP contribution in [0.1, 0.15) is 12.0 Å². The number of aryl methyl sites for hydroxylation is 1. The average molecular weight is 255 g/mol. The summed E-state index contributed by atoms with van der Waals surface area (Å²) < 4.78 is 6.31. The molecule has 1 aromatic heterocycles. The molecule has 0 saturated heterocycles. The second-order valence-corrected chi connectivity index (χ2v) is 4.01. The highest BCUT2D eigenvalue weighted by atomic mass is 79.9. The molecule has 14 heavy (non-hydrogen) atoms. The van der Waals surface area contributed by atoms with Crippen molar-refractivity contribution in [3.8, 4) is 0 Å². The van der Waals surface area contributed by atoms with Crippen molar-refractivity contribution in [3.05, 3.63) is 28.6 Å². The van der Waals surface area contributed by atoms with Gasteiger partial charge in [-0.2, -0.15) is 0 Å². The van der Waals surface area contributed by atoms with Gasteiger partial charge in [0.25, 0.3) is 0 Å². The van der Waals surface area contributed by atoms with Crippen molar-refractivity contribution in [1.82, 2.24) is 4.98 Å². The monoisotopic (exact) mass is 254 g/mol. The van der Waals surface area contributed by atoms with Crippen molar-refractivity contribution in [2.75, 3.05) is 6.54 Å². The van der Waals surface area contributed by atoms with Crippen LogP contribution in [0.2, 0.25) is 0 Å². The fourth-order valence-electron chi connectivity index (χ4n) is 1.40. The van der Waals surface area contributed by atoms with Crippen LogP contribution in [0, 0.1) is 0 Å². The van der Waals surface area contributed by atoms with Crippen LogP contribution in [-0.4, -0.2) is 11.5 Å². The van der Waals surface area contributed by atoms with Gasteiger partial charge >= 0.3 is 0 Å². The highest BCUT2D eigenvalue weighted by Gasteiger charge is 2.05. The largest absolute Gasteiger partial charge is 0.443 e. The summed E-state index contributed by atoms with van der Waals surface area (Å²) in [7, 11) is 0. The van der Waals surface area contributed by atoms with E-state index in [1.165, 1.54) is 12.0 Å². The standard InChI is InChI=1S/C10H11BrN2O/c11-8-5-9-10(14-6-13-9)4-7(8)2-1-3-12/h4-6H,1-3,12H2. The second-order valence-electron chi connectivity index (χ2n) is 3.16. The highest BCUT2D eigenvalue weighted by Crippen LogP contribution is 2.24. The van der Waals surface area contributed by atoms with Crippen molar-refractivity contribution >= 4 is 27.0 Å². The van der Waals surface area contributed by atoms with E-state index in [0.29, 0.717) is 6.54 Å². The number of halogens is 1. The number of benzene rings is 1. The van der Waals surface area contributed by atoms with Gasteiger partial charge in [0, 0.05) is 4.47 Å². The summed E-state index contributed by atoms with van der Waals surface area (Å²) in [6.45, 7) is 0.709. The molecule has 0 amide bonds. The average Bonchev–Trinajstić information content (AvgIpc) is 2.61. The van der Waals surface area contributed by atoms with Crippen LogP contribution in [-0.2, 0) is 6.42 Å². The molecule has 4 heteroatoms. The number of aromatic nitrogens is 1. The number of hydrogen-bond donors (Lipinski definition) is 1. The number of rotatable bonds is 3. The molecule has 0 spiro atoms. The van der Waals surface area contributed by atoms with E-state index in [4.69, 9.17) is 10.2 Å². The van der Waals surface area contributed by atoms with Crippen LogP contribution in [0.5, 0.6) is 0 Å². The maximum atomic E-state index is 5.47. The van der Waals surface area contributed by atoms with Gasteiger partial charge in [-0.3, -0.25) is 0 Å². The van der Waals surface area contributed by atoms with Crippen molar-refractivity contribution in [2.45, 2.75) is 12.8 Å². The molecule has 0 saturated carbocycles. The summed E-state index contributed by atoms with van der Waals surface area (Å²) in [5.74, 6) is 0. The predicted molar refractivity (Wildman–Crippen MR) is 59.1 cm³/mol. The Morgan fingerprint density at radius 1 is 1.43 bits per heavy atom. The first-order valence-corrected chi connectivity index (χ1v) is 5.32. The molecule has 0 radical (unpaired) electrons. The third-order valence-corrected chi connectivity index (χ3v) is 2.89. The first-order valence-electron chi connectivity index (χ1n) is 4.53. The number of oxazole rings is 1.